The number of nitro groups is 1. The molecule has 31 heavy (non-hydrogen) atoms. The van der Waals surface area contributed by atoms with Crippen LogP contribution in [-0.4, -0.2) is 23.9 Å². The number of carbonyl (C=O) groups is 2. The number of ether oxygens (including phenoxy) is 2. The van der Waals surface area contributed by atoms with Crippen LogP contribution in [0.1, 0.15) is 17.3 Å². The van der Waals surface area contributed by atoms with Crippen molar-refractivity contribution in [1.82, 2.24) is 0 Å². The molecule has 3 rings (SSSR count). The van der Waals surface area contributed by atoms with E-state index in [1.807, 2.05) is 12.1 Å². The van der Waals surface area contributed by atoms with Crippen molar-refractivity contribution < 1.29 is 24.0 Å². The fraction of sp³-hybridized carbons (Fsp3) is 0.0909. The third kappa shape index (κ3) is 5.83. The van der Waals surface area contributed by atoms with Gasteiger partial charge in [-0.1, -0.05) is 11.8 Å². The lowest BCUT2D eigenvalue weighted by Gasteiger charge is -2.11. The highest BCUT2D eigenvalue weighted by molar-refractivity contribution is 7.99. The molecule has 158 valence electrons. The van der Waals surface area contributed by atoms with E-state index < -0.39 is 10.9 Å². The van der Waals surface area contributed by atoms with Gasteiger partial charge in [0.05, 0.1) is 12.0 Å². The van der Waals surface area contributed by atoms with Gasteiger partial charge >= 0.3 is 5.97 Å². The lowest BCUT2D eigenvalue weighted by Crippen LogP contribution is -2.12. The van der Waals surface area contributed by atoms with Crippen molar-refractivity contribution in [2.45, 2.75) is 16.7 Å². The molecule has 0 aliphatic rings. The molecule has 1 N–H and O–H groups in total. The lowest BCUT2D eigenvalue weighted by atomic mass is 10.2. The van der Waals surface area contributed by atoms with E-state index in [-0.39, 0.29) is 23.1 Å². The van der Waals surface area contributed by atoms with Crippen LogP contribution in [0.15, 0.2) is 76.5 Å². The van der Waals surface area contributed by atoms with Gasteiger partial charge in [-0.3, -0.25) is 19.7 Å². The van der Waals surface area contributed by atoms with Gasteiger partial charge in [0.15, 0.2) is 11.5 Å². The van der Waals surface area contributed by atoms with Crippen molar-refractivity contribution in [2.75, 3.05) is 12.4 Å². The second kappa shape index (κ2) is 9.77. The summed E-state index contributed by atoms with van der Waals surface area (Å²) in [5.74, 6) is -0.317. The van der Waals surface area contributed by atoms with Gasteiger partial charge in [-0.15, -0.1) is 0 Å². The number of anilines is 1. The van der Waals surface area contributed by atoms with E-state index in [4.69, 9.17) is 9.47 Å². The maximum Gasteiger partial charge on any atom is 0.308 e. The number of rotatable bonds is 7. The van der Waals surface area contributed by atoms with Crippen molar-refractivity contribution in [3.8, 4) is 11.5 Å². The number of esters is 1. The van der Waals surface area contributed by atoms with Crippen LogP contribution < -0.4 is 14.8 Å². The summed E-state index contributed by atoms with van der Waals surface area (Å²) < 4.78 is 10.2. The van der Waals surface area contributed by atoms with Crippen LogP contribution in [0.25, 0.3) is 0 Å². The third-order valence-electron chi connectivity index (χ3n) is 4.07. The fourth-order valence-electron chi connectivity index (χ4n) is 2.63. The van der Waals surface area contributed by atoms with Gasteiger partial charge in [-0.2, -0.15) is 0 Å². The molecule has 3 aromatic carbocycles. The first-order valence-corrected chi connectivity index (χ1v) is 9.87. The summed E-state index contributed by atoms with van der Waals surface area (Å²) in [4.78, 5) is 35.8. The maximum absolute atomic E-state index is 12.5. The van der Waals surface area contributed by atoms with Crippen LogP contribution in [0.3, 0.4) is 0 Å². The molecule has 0 aliphatic heterocycles. The maximum atomic E-state index is 12.5. The Morgan fingerprint density at radius 2 is 1.55 bits per heavy atom. The molecule has 1 amide bonds. The van der Waals surface area contributed by atoms with E-state index in [2.05, 4.69) is 5.32 Å². The summed E-state index contributed by atoms with van der Waals surface area (Å²) >= 11 is 1.45. The smallest absolute Gasteiger partial charge is 0.308 e. The highest BCUT2D eigenvalue weighted by atomic mass is 32.2. The second-order valence-corrected chi connectivity index (χ2v) is 7.44. The van der Waals surface area contributed by atoms with Gasteiger partial charge in [0.25, 0.3) is 11.6 Å². The molecule has 0 spiro atoms. The Morgan fingerprint density at radius 1 is 0.935 bits per heavy atom. The standard InChI is InChI=1S/C22H18N2O6S/c1-14(25)30-20-12-3-15(13-21(20)29-2)22(26)23-16-4-8-18(9-5-16)31-19-10-6-17(7-11-19)24(27)28/h3-13H,1-2H3,(H,23,26). The minimum absolute atomic E-state index is 0.0416. The molecule has 3 aromatic rings. The zero-order valence-electron chi connectivity index (χ0n) is 16.7. The summed E-state index contributed by atoms with van der Waals surface area (Å²) in [5, 5.41) is 13.5. The van der Waals surface area contributed by atoms with Crippen LogP contribution in [0, 0.1) is 10.1 Å². The largest absolute Gasteiger partial charge is 0.493 e. The molecule has 0 radical (unpaired) electrons. The van der Waals surface area contributed by atoms with Gasteiger partial charge in [-0.25, -0.2) is 0 Å². The average molecular weight is 438 g/mol. The number of benzene rings is 3. The number of carbonyl (C=O) groups excluding carboxylic acids is 2. The van der Waals surface area contributed by atoms with Crippen molar-refractivity contribution in [1.29, 1.82) is 0 Å². The lowest BCUT2D eigenvalue weighted by molar-refractivity contribution is -0.384. The van der Waals surface area contributed by atoms with Gasteiger partial charge in [0.2, 0.25) is 0 Å². The molecule has 0 heterocycles. The first kappa shape index (κ1) is 21.8. The highest BCUT2D eigenvalue weighted by Crippen LogP contribution is 2.31. The third-order valence-corrected chi connectivity index (χ3v) is 5.09. The SMILES string of the molecule is COc1cc(C(=O)Nc2ccc(Sc3ccc([N+](=O)[O-])cc3)cc2)ccc1OC(C)=O. The van der Waals surface area contributed by atoms with E-state index in [1.54, 1.807) is 24.3 Å². The quantitative estimate of drug-likeness (QED) is 0.241. The number of hydrogen-bond donors (Lipinski definition) is 1. The van der Waals surface area contributed by atoms with Crippen LogP contribution >= 0.6 is 11.8 Å². The Hall–Kier alpha value is -3.85. The average Bonchev–Trinajstić information content (AvgIpc) is 2.75. The van der Waals surface area contributed by atoms with Crippen LogP contribution in [0.4, 0.5) is 11.4 Å². The molecule has 9 heteroatoms. The Morgan fingerprint density at radius 3 is 2.10 bits per heavy atom. The molecular formula is C22H18N2O6S. The molecule has 8 nitrogen and oxygen atoms in total. The number of non-ortho nitro benzene ring substituents is 1. The minimum Gasteiger partial charge on any atom is -0.493 e. The number of nitrogens with zero attached hydrogens (tertiary/aromatic N) is 1. The monoisotopic (exact) mass is 438 g/mol. The first-order chi connectivity index (χ1) is 14.9. The molecule has 0 aliphatic carbocycles. The van der Waals surface area contributed by atoms with E-state index in [1.165, 1.54) is 56.1 Å². The van der Waals surface area contributed by atoms with Gasteiger partial charge in [0, 0.05) is 40.1 Å². The Labute approximate surface area is 182 Å². The molecule has 0 saturated carbocycles. The molecule has 0 fully saturated rings. The van der Waals surface area contributed by atoms with Crippen molar-refractivity contribution in [3.63, 3.8) is 0 Å². The van der Waals surface area contributed by atoms with Crippen molar-refractivity contribution >= 4 is 35.0 Å². The van der Waals surface area contributed by atoms with Crippen molar-refractivity contribution in [2.24, 2.45) is 0 Å². The van der Waals surface area contributed by atoms with Crippen LogP contribution in [0.5, 0.6) is 11.5 Å². The summed E-state index contributed by atoms with van der Waals surface area (Å²) in [6.45, 7) is 1.28. The molecule has 0 bridgehead atoms. The Bertz CT molecular complexity index is 1110. The van der Waals surface area contributed by atoms with Gasteiger partial charge < -0.3 is 14.8 Å². The second-order valence-electron chi connectivity index (χ2n) is 6.29. The number of hydrogen-bond acceptors (Lipinski definition) is 7. The van der Waals surface area contributed by atoms with E-state index in [0.717, 1.165) is 9.79 Å². The molecular weight excluding hydrogens is 420 g/mol. The van der Waals surface area contributed by atoms with Gasteiger partial charge in [-0.05, 0) is 54.6 Å². The number of methoxy groups -OCH3 is 1. The van der Waals surface area contributed by atoms with E-state index >= 15 is 0 Å². The minimum atomic E-state index is -0.484. The summed E-state index contributed by atoms with van der Waals surface area (Å²) in [7, 11) is 1.42. The van der Waals surface area contributed by atoms with E-state index in [0.29, 0.717) is 11.3 Å². The van der Waals surface area contributed by atoms with Crippen molar-refractivity contribution in [3.05, 3.63) is 82.4 Å². The summed E-state index contributed by atoms with van der Waals surface area (Å²) in [6.07, 6.45) is 0. The highest BCUT2D eigenvalue weighted by Gasteiger charge is 2.13. The molecule has 0 saturated heterocycles. The number of nitrogens with one attached hydrogen (secondary N) is 1. The zero-order valence-corrected chi connectivity index (χ0v) is 17.5. The summed E-state index contributed by atoms with van der Waals surface area (Å²) in [5.41, 5.74) is 0.984. The predicted molar refractivity (Wildman–Crippen MR) is 116 cm³/mol. The van der Waals surface area contributed by atoms with Crippen LogP contribution in [-0.2, 0) is 4.79 Å². The predicted octanol–water partition coefficient (Wildman–Crippen LogP) is 4.93. The molecule has 0 aromatic heterocycles. The number of amides is 1. The normalized spacial score (nSPS) is 10.3. The first-order valence-electron chi connectivity index (χ1n) is 9.06. The number of nitro benzene ring substituents is 1. The van der Waals surface area contributed by atoms with Gasteiger partial charge in [0.1, 0.15) is 0 Å². The Balaban J connectivity index is 1.65. The molecule has 0 unspecified atom stereocenters. The Kier molecular flexibility index (Phi) is 6.88. The molecule has 0 atom stereocenters. The van der Waals surface area contributed by atoms with E-state index in [9.17, 15) is 19.7 Å². The topological polar surface area (TPSA) is 108 Å². The van der Waals surface area contributed by atoms with Crippen LogP contribution in [0.2, 0.25) is 0 Å². The fourth-order valence-corrected chi connectivity index (χ4v) is 3.45. The summed E-state index contributed by atoms with van der Waals surface area (Å²) in [6, 6.07) is 18.0. The zero-order chi connectivity index (χ0) is 22.4.